The van der Waals surface area contributed by atoms with Crippen molar-refractivity contribution in [2.75, 3.05) is 6.61 Å². The number of Topliss-reactive ketones (excluding diaryl/α,β-unsaturated/α-hetero) is 3. The van der Waals surface area contributed by atoms with Crippen molar-refractivity contribution in [3.05, 3.63) is 12.2 Å². The van der Waals surface area contributed by atoms with E-state index < -0.39 is 47.4 Å². The second-order valence-corrected chi connectivity index (χ2v) is 8.38. The molecule has 2 N–H and O–H groups in total. The zero-order chi connectivity index (χ0) is 25.3. The van der Waals surface area contributed by atoms with Gasteiger partial charge in [-0.25, -0.2) is 9.59 Å². The van der Waals surface area contributed by atoms with Crippen molar-refractivity contribution in [2.45, 2.75) is 104 Å². The van der Waals surface area contributed by atoms with E-state index in [2.05, 4.69) is 23.8 Å². The Morgan fingerprint density at radius 1 is 0.818 bits per heavy atom. The van der Waals surface area contributed by atoms with Gasteiger partial charge in [0.2, 0.25) is 0 Å². The first-order valence-corrected chi connectivity index (χ1v) is 11.9. The summed E-state index contributed by atoms with van der Waals surface area (Å²) < 4.78 is 4.24. The number of allylic oxidation sites excluding steroid dienone is 2. The zero-order valence-corrected chi connectivity index (χ0v) is 20.3. The predicted octanol–water partition coefficient (Wildman–Crippen LogP) is 3.40. The molecule has 1 atom stereocenters. The average molecular weight is 469 g/mol. The highest BCUT2D eigenvalue weighted by atomic mass is 16.6. The van der Waals surface area contributed by atoms with Gasteiger partial charge in [0.15, 0.2) is 23.1 Å². The molecule has 188 valence electrons. The van der Waals surface area contributed by atoms with Gasteiger partial charge in [-0.2, -0.15) is 0 Å². The molecule has 0 aliphatic heterocycles. The molecule has 0 aromatic carbocycles. The number of aliphatic hydroxyl groups is 2. The lowest BCUT2D eigenvalue weighted by Crippen LogP contribution is -2.49. The summed E-state index contributed by atoms with van der Waals surface area (Å²) in [6.07, 6.45) is 13.3. The Hall–Kier alpha value is -2.19. The van der Waals surface area contributed by atoms with E-state index in [1.807, 2.05) is 0 Å². The molecule has 0 spiro atoms. The van der Waals surface area contributed by atoms with Crippen LogP contribution in [0.2, 0.25) is 0 Å². The number of hydrogen-bond donors (Lipinski definition) is 2. The van der Waals surface area contributed by atoms with E-state index >= 15 is 0 Å². The molecule has 1 unspecified atom stereocenters. The fourth-order valence-electron chi connectivity index (χ4n) is 3.60. The highest BCUT2D eigenvalue weighted by molar-refractivity contribution is 6.47. The number of unbranched alkanes of at least 4 members (excludes halogenated alkanes) is 9. The zero-order valence-electron chi connectivity index (χ0n) is 20.3. The Morgan fingerprint density at radius 2 is 1.30 bits per heavy atom. The first-order chi connectivity index (χ1) is 15.6. The minimum atomic E-state index is -2.21. The molecule has 0 fully saturated rings. The first kappa shape index (κ1) is 30.8. The smallest absolute Gasteiger partial charge is 0.383 e. The number of carbonyl (C=O) groups excluding carboxylic acids is 5. The SMILES string of the molecule is CCCCCCCC/C=C\CCCCCC(C(C)=O)(C(C)=O)C(=O)C(=O)OC(=O)C(O)CO. The maximum Gasteiger partial charge on any atom is 0.383 e. The molecule has 0 aliphatic carbocycles. The van der Waals surface area contributed by atoms with Crippen LogP contribution in [0.15, 0.2) is 12.2 Å². The molecule has 8 nitrogen and oxygen atoms in total. The fraction of sp³-hybridized carbons (Fsp3) is 0.720. The third-order valence-electron chi connectivity index (χ3n) is 5.73. The number of carbonyl (C=O) groups is 5. The molecule has 0 aliphatic rings. The Morgan fingerprint density at radius 3 is 1.79 bits per heavy atom. The molecule has 8 heteroatoms. The standard InChI is InChI=1S/C25H40O8/c1-4-5-6-7-8-9-10-11-12-13-14-15-16-17-25(19(2)27,20(3)28)22(30)24(32)33-23(31)21(29)18-26/h11-12,21,26,29H,4-10,13-18H2,1-3H3/b12-11-. The van der Waals surface area contributed by atoms with Gasteiger partial charge in [0.05, 0.1) is 6.61 Å². The van der Waals surface area contributed by atoms with Gasteiger partial charge < -0.3 is 14.9 Å². The number of aliphatic hydroxyl groups excluding tert-OH is 2. The molecule has 0 aromatic heterocycles. The Labute approximate surface area is 196 Å². The van der Waals surface area contributed by atoms with Gasteiger partial charge in [-0.1, -0.05) is 64.0 Å². The molecular formula is C25H40O8. The highest BCUT2D eigenvalue weighted by Gasteiger charge is 2.51. The third kappa shape index (κ3) is 11.0. The Bertz CT molecular complexity index is 666. The van der Waals surface area contributed by atoms with E-state index in [1.54, 1.807) is 0 Å². The van der Waals surface area contributed by atoms with Crippen LogP contribution in [0.4, 0.5) is 0 Å². The molecule has 0 amide bonds. The molecule has 0 aromatic rings. The van der Waals surface area contributed by atoms with Crippen LogP contribution in [-0.4, -0.2) is 52.2 Å². The molecule has 0 heterocycles. The molecule has 0 saturated heterocycles. The molecule has 33 heavy (non-hydrogen) atoms. The monoisotopic (exact) mass is 468 g/mol. The lowest BCUT2D eigenvalue weighted by molar-refractivity contribution is -0.174. The van der Waals surface area contributed by atoms with E-state index in [4.69, 9.17) is 5.11 Å². The summed E-state index contributed by atoms with van der Waals surface area (Å²) in [4.78, 5) is 60.6. The average Bonchev–Trinajstić information content (AvgIpc) is 2.77. The van der Waals surface area contributed by atoms with Crippen molar-refractivity contribution < 1.29 is 38.9 Å². The summed E-state index contributed by atoms with van der Waals surface area (Å²) in [6, 6.07) is 0. The second-order valence-electron chi connectivity index (χ2n) is 8.38. The second kappa shape index (κ2) is 17.3. The van der Waals surface area contributed by atoms with E-state index in [1.165, 1.54) is 38.5 Å². The van der Waals surface area contributed by atoms with E-state index in [-0.39, 0.29) is 6.42 Å². The molecule has 0 radical (unpaired) electrons. The fourth-order valence-corrected chi connectivity index (χ4v) is 3.60. The minimum absolute atomic E-state index is 0.163. The van der Waals surface area contributed by atoms with Gasteiger partial charge >= 0.3 is 11.9 Å². The normalized spacial score (nSPS) is 12.5. The van der Waals surface area contributed by atoms with Gasteiger partial charge in [-0.05, 0) is 46.0 Å². The molecule has 0 rings (SSSR count). The summed E-state index contributed by atoms with van der Waals surface area (Å²) in [6.45, 7) is 3.28. The maximum atomic E-state index is 12.6. The third-order valence-corrected chi connectivity index (χ3v) is 5.73. The quantitative estimate of drug-likeness (QED) is 0.0968. The maximum absolute atomic E-state index is 12.6. The largest absolute Gasteiger partial charge is 0.393 e. The summed E-state index contributed by atoms with van der Waals surface area (Å²) in [5, 5.41) is 17.9. The minimum Gasteiger partial charge on any atom is -0.393 e. The van der Waals surface area contributed by atoms with Crippen molar-refractivity contribution in [1.29, 1.82) is 0 Å². The van der Waals surface area contributed by atoms with Crippen molar-refractivity contribution in [3.63, 3.8) is 0 Å². The van der Waals surface area contributed by atoms with Crippen LogP contribution < -0.4 is 0 Å². The van der Waals surface area contributed by atoms with Crippen molar-refractivity contribution in [3.8, 4) is 0 Å². The predicted molar refractivity (Wildman–Crippen MR) is 123 cm³/mol. The summed E-state index contributed by atoms with van der Waals surface area (Å²) in [5.41, 5.74) is -2.21. The van der Waals surface area contributed by atoms with Crippen LogP contribution in [0.1, 0.15) is 97.8 Å². The highest BCUT2D eigenvalue weighted by Crippen LogP contribution is 2.30. The van der Waals surface area contributed by atoms with Gasteiger partial charge in [0.1, 0.15) is 0 Å². The van der Waals surface area contributed by atoms with Gasteiger partial charge in [0, 0.05) is 0 Å². The number of rotatable bonds is 19. The Kier molecular flexibility index (Phi) is 16.2. The van der Waals surface area contributed by atoms with Crippen LogP contribution in [0.3, 0.4) is 0 Å². The van der Waals surface area contributed by atoms with Gasteiger partial charge in [-0.15, -0.1) is 0 Å². The van der Waals surface area contributed by atoms with E-state index in [0.717, 1.165) is 33.1 Å². The molecular weight excluding hydrogens is 428 g/mol. The van der Waals surface area contributed by atoms with Crippen molar-refractivity contribution in [2.24, 2.45) is 5.41 Å². The molecule has 0 saturated carbocycles. The summed E-state index contributed by atoms with van der Waals surface area (Å²) in [5.74, 6) is -6.25. The van der Waals surface area contributed by atoms with E-state index in [0.29, 0.717) is 12.8 Å². The van der Waals surface area contributed by atoms with E-state index in [9.17, 15) is 29.1 Å². The van der Waals surface area contributed by atoms with Gasteiger partial charge in [0.25, 0.3) is 5.78 Å². The number of ketones is 3. The van der Waals surface area contributed by atoms with Crippen LogP contribution in [-0.2, 0) is 28.7 Å². The number of ether oxygens (including phenoxy) is 1. The topological polar surface area (TPSA) is 135 Å². The summed E-state index contributed by atoms with van der Waals surface area (Å²) >= 11 is 0. The van der Waals surface area contributed by atoms with Gasteiger partial charge in [-0.3, -0.25) is 14.4 Å². The van der Waals surface area contributed by atoms with Crippen LogP contribution >= 0.6 is 0 Å². The van der Waals surface area contributed by atoms with Crippen LogP contribution in [0.5, 0.6) is 0 Å². The van der Waals surface area contributed by atoms with Crippen molar-refractivity contribution >= 4 is 29.3 Å². The summed E-state index contributed by atoms with van der Waals surface area (Å²) in [7, 11) is 0. The van der Waals surface area contributed by atoms with Crippen molar-refractivity contribution in [1.82, 2.24) is 0 Å². The van der Waals surface area contributed by atoms with Crippen LogP contribution in [0, 0.1) is 5.41 Å². The van der Waals surface area contributed by atoms with Crippen LogP contribution in [0.25, 0.3) is 0 Å². The Balaban J connectivity index is 4.62. The number of hydrogen-bond acceptors (Lipinski definition) is 8. The molecule has 0 bridgehead atoms. The number of esters is 2. The lowest BCUT2D eigenvalue weighted by Gasteiger charge is -2.25. The lowest BCUT2D eigenvalue weighted by atomic mass is 9.72. The first-order valence-electron chi connectivity index (χ1n) is 11.9.